The molecule has 1 N–H and O–H groups in total. The van der Waals surface area contributed by atoms with Gasteiger partial charge in [0.1, 0.15) is 0 Å². The molecule has 0 amide bonds. The highest BCUT2D eigenvalue weighted by Crippen LogP contribution is 2.26. The molecular formula is C16H21N. The molecule has 0 heterocycles. The molecule has 1 aromatic rings. The molecule has 1 saturated carbocycles. The van der Waals surface area contributed by atoms with Crippen molar-refractivity contribution in [2.45, 2.75) is 38.5 Å². The van der Waals surface area contributed by atoms with Crippen LogP contribution in [-0.4, -0.2) is 6.54 Å². The Hall–Kier alpha value is -1.42. The molecule has 90 valence electrons. The van der Waals surface area contributed by atoms with Crippen molar-refractivity contribution in [1.82, 2.24) is 0 Å². The van der Waals surface area contributed by atoms with Gasteiger partial charge in [-0.05, 0) is 30.5 Å². The molecule has 0 radical (unpaired) electrons. The number of benzene rings is 1. The molecule has 0 aromatic heterocycles. The van der Waals surface area contributed by atoms with Gasteiger partial charge in [0.25, 0.3) is 0 Å². The van der Waals surface area contributed by atoms with Gasteiger partial charge >= 0.3 is 0 Å². The van der Waals surface area contributed by atoms with Crippen LogP contribution in [0.2, 0.25) is 0 Å². The van der Waals surface area contributed by atoms with Gasteiger partial charge in [-0.25, -0.2) is 0 Å². The van der Waals surface area contributed by atoms with Crippen molar-refractivity contribution < 1.29 is 0 Å². The fourth-order valence-electron chi connectivity index (χ4n) is 2.62. The first-order chi connectivity index (χ1) is 8.38. The van der Waals surface area contributed by atoms with Gasteiger partial charge in [-0.2, -0.15) is 0 Å². The van der Waals surface area contributed by atoms with E-state index in [-0.39, 0.29) is 0 Å². The molecule has 1 heteroatoms. The molecule has 0 atom stereocenters. The summed E-state index contributed by atoms with van der Waals surface area (Å²) < 4.78 is 0. The number of anilines is 1. The Labute approximate surface area is 105 Å². The van der Waals surface area contributed by atoms with E-state index in [4.69, 9.17) is 6.42 Å². The maximum atomic E-state index is 5.39. The summed E-state index contributed by atoms with van der Waals surface area (Å²) in [7, 11) is 0. The van der Waals surface area contributed by atoms with Crippen molar-refractivity contribution in [1.29, 1.82) is 0 Å². The molecule has 0 bridgehead atoms. The summed E-state index contributed by atoms with van der Waals surface area (Å²) in [6.45, 7) is 1.07. The third-order valence-electron chi connectivity index (χ3n) is 3.64. The van der Waals surface area contributed by atoms with E-state index in [9.17, 15) is 0 Å². The van der Waals surface area contributed by atoms with Crippen molar-refractivity contribution in [3.05, 3.63) is 29.8 Å². The van der Waals surface area contributed by atoms with Gasteiger partial charge < -0.3 is 5.32 Å². The monoisotopic (exact) mass is 227 g/mol. The Kier molecular flexibility index (Phi) is 4.50. The molecule has 1 fully saturated rings. The Morgan fingerprint density at radius 3 is 2.82 bits per heavy atom. The lowest BCUT2D eigenvalue weighted by atomic mass is 9.87. The quantitative estimate of drug-likeness (QED) is 0.765. The molecule has 0 saturated heterocycles. The topological polar surface area (TPSA) is 12.0 Å². The van der Waals surface area contributed by atoms with E-state index < -0.39 is 0 Å². The van der Waals surface area contributed by atoms with E-state index in [1.165, 1.54) is 38.5 Å². The van der Waals surface area contributed by atoms with E-state index in [1.54, 1.807) is 0 Å². The normalized spacial score (nSPS) is 16.4. The number of hydrogen-bond donors (Lipinski definition) is 1. The van der Waals surface area contributed by atoms with Crippen LogP contribution in [0.4, 0.5) is 5.69 Å². The Balaban J connectivity index is 1.75. The number of hydrogen-bond acceptors (Lipinski definition) is 1. The van der Waals surface area contributed by atoms with Crippen molar-refractivity contribution in [3.8, 4) is 12.3 Å². The Morgan fingerprint density at radius 1 is 1.24 bits per heavy atom. The number of rotatable bonds is 4. The van der Waals surface area contributed by atoms with Gasteiger partial charge in [0, 0.05) is 17.8 Å². The van der Waals surface area contributed by atoms with Gasteiger partial charge in [-0.1, -0.05) is 44.1 Å². The SMILES string of the molecule is C#Cc1cccc(NCCC2CCCCC2)c1. The molecule has 1 aromatic carbocycles. The van der Waals surface area contributed by atoms with Crippen molar-refractivity contribution in [2.75, 3.05) is 11.9 Å². The second-order valence-corrected chi connectivity index (χ2v) is 4.94. The summed E-state index contributed by atoms with van der Waals surface area (Å²) >= 11 is 0. The first-order valence-corrected chi connectivity index (χ1v) is 6.69. The minimum absolute atomic E-state index is 0.937. The van der Waals surface area contributed by atoms with Crippen LogP contribution >= 0.6 is 0 Å². The van der Waals surface area contributed by atoms with Crippen LogP contribution in [-0.2, 0) is 0 Å². The maximum Gasteiger partial charge on any atom is 0.0352 e. The summed E-state index contributed by atoms with van der Waals surface area (Å²) in [4.78, 5) is 0. The lowest BCUT2D eigenvalue weighted by Gasteiger charge is -2.21. The van der Waals surface area contributed by atoms with Gasteiger partial charge in [0.2, 0.25) is 0 Å². The smallest absolute Gasteiger partial charge is 0.0352 e. The third-order valence-corrected chi connectivity index (χ3v) is 3.64. The Morgan fingerprint density at radius 2 is 2.06 bits per heavy atom. The number of nitrogens with one attached hydrogen (secondary N) is 1. The van der Waals surface area contributed by atoms with Gasteiger partial charge in [0.05, 0.1) is 0 Å². The van der Waals surface area contributed by atoms with E-state index in [1.807, 2.05) is 18.2 Å². The van der Waals surface area contributed by atoms with E-state index in [0.29, 0.717) is 0 Å². The molecule has 0 aliphatic heterocycles. The molecule has 2 rings (SSSR count). The zero-order valence-electron chi connectivity index (χ0n) is 10.4. The fraction of sp³-hybridized carbons (Fsp3) is 0.500. The summed E-state index contributed by atoms with van der Waals surface area (Å²) in [5.74, 6) is 3.60. The molecular weight excluding hydrogens is 206 g/mol. The maximum absolute atomic E-state index is 5.39. The highest BCUT2D eigenvalue weighted by Gasteiger charge is 2.12. The molecule has 0 spiro atoms. The van der Waals surface area contributed by atoms with Crippen molar-refractivity contribution in [3.63, 3.8) is 0 Å². The van der Waals surface area contributed by atoms with Crippen molar-refractivity contribution in [2.24, 2.45) is 5.92 Å². The third kappa shape index (κ3) is 3.82. The van der Waals surface area contributed by atoms with Crippen molar-refractivity contribution >= 4 is 5.69 Å². The zero-order chi connectivity index (χ0) is 11.9. The van der Waals surface area contributed by atoms with Crippen LogP contribution < -0.4 is 5.32 Å². The van der Waals surface area contributed by atoms with Gasteiger partial charge in [-0.3, -0.25) is 0 Å². The predicted octanol–water partition coefficient (Wildman–Crippen LogP) is 4.05. The van der Waals surface area contributed by atoms with E-state index in [2.05, 4.69) is 17.3 Å². The van der Waals surface area contributed by atoms with Gasteiger partial charge in [0.15, 0.2) is 0 Å². The fourth-order valence-corrected chi connectivity index (χ4v) is 2.62. The van der Waals surface area contributed by atoms with Crippen LogP contribution in [0.3, 0.4) is 0 Å². The highest BCUT2D eigenvalue weighted by atomic mass is 14.9. The van der Waals surface area contributed by atoms with Crippen LogP contribution in [0, 0.1) is 18.3 Å². The number of terminal acetylenes is 1. The summed E-state index contributed by atoms with van der Waals surface area (Å²) in [5, 5.41) is 3.47. The Bertz CT molecular complexity index is 383. The van der Waals surface area contributed by atoms with Crippen LogP contribution in [0.1, 0.15) is 44.1 Å². The predicted molar refractivity (Wildman–Crippen MR) is 74.1 cm³/mol. The highest BCUT2D eigenvalue weighted by molar-refractivity contribution is 5.49. The lowest BCUT2D eigenvalue weighted by molar-refractivity contribution is 0.345. The minimum Gasteiger partial charge on any atom is -0.385 e. The van der Waals surface area contributed by atoms with E-state index >= 15 is 0 Å². The molecule has 1 aliphatic carbocycles. The molecule has 17 heavy (non-hydrogen) atoms. The first kappa shape index (κ1) is 12.0. The second kappa shape index (κ2) is 6.35. The van der Waals surface area contributed by atoms with E-state index in [0.717, 1.165) is 23.7 Å². The van der Waals surface area contributed by atoms with Crippen LogP contribution in [0.15, 0.2) is 24.3 Å². The van der Waals surface area contributed by atoms with Gasteiger partial charge in [-0.15, -0.1) is 6.42 Å². The summed E-state index contributed by atoms with van der Waals surface area (Å²) in [6.07, 6.45) is 13.8. The summed E-state index contributed by atoms with van der Waals surface area (Å²) in [5.41, 5.74) is 2.10. The molecule has 1 nitrogen and oxygen atoms in total. The zero-order valence-corrected chi connectivity index (χ0v) is 10.4. The molecule has 1 aliphatic rings. The lowest BCUT2D eigenvalue weighted by Crippen LogP contribution is -2.12. The average molecular weight is 227 g/mol. The van der Waals surface area contributed by atoms with Crippen LogP contribution in [0.25, 0.3) is 0 Å². The average Bonchev–Trinajstić information content (AvgIpc) is 2.40. The first-order valence-electron chi connectivity index (χ1n) is 6.69. The second-order valence-electron chi connectivity index (χ2n) is 4.94. The van der Waals surface area contributed by atoms with Crippen LogP contribution in [0.5, 0.6) is 0 Å². The molecule has 0 unspecified atom stereocenters. The standard InChI is InChI=1S/C16H21N/c1-2-14-9-6-10-16(13-14)17-12-11-15-7-4-3-5-8-15/h1,6,9-10,13,15,17H,3-5,7-8,11-12H2. The largest absolute Gasteiger partial charge is 0.385 e. The minimum atomic E-state index is 0.937. The summed E-state index contributed by atoms with van der Waals surface area (Å²) in [6, 6.07) is 8.10.